The predicted molar refractivity (Wildman–Crippen MR) is 96.0 cm³/mol. The minimum absolute atomic E-state index is 0.165. The van der Waals surface area contributed by atoms with Gasteiger partial charge in [0, 0.05) is 0 Å². The van der Waals surface area contributed by atoms with Gasteiger partial charge in [0.25, 0.3) is 0 Å². The van der Waals surface area contributed by atoms with Gasteiger partial charge < -0.3 is 14.9 Å². The number of aliphatic hydroxyl groups excluding tert-OH is 2. The van der Waals surface area contributed by atoms with Crippen LogP contribution in [-0.4, -0.2) is 35.5 Å². The van der Waals surface area contributed by atoms with Gasteiger partial charge in [-0.2, -0.15) is 0 Å². The topological polar surface area (TPSA) is 66.8 Å². The van der Waals surface area contributed by atoms with Gasteiger partial charge in [0.15, 0.2) is 0 Å². The fraction of sp³-hybridized carbons (Fsp3) is 0.650. The summed E-state index contributed by atoms with van der Waals surface area (Å²) < 4.78 is 5.20. The molecule has 0 bridgehead atoms. The highest BCUT2D eigenvalue weighted by atomic mass is 16.5. The quantitative estimate of drug-likeness (QED) is 0.676. The lowest BCUT2D eigenvalue weighted by atomic mass is 9.77. The van der Waals surface area contributed by atoms with E-state index >= 15 is 0 Å². The van der Waals surface area contributed by atoms with Crippen LogP contribution in [0.15, 0.2) is 24.3 Å². The van der Waals surface area contributed by atoms with E-state index in [-0.39, 0.29) is 18.5 Å². The second-order valence-electron chi connectivity index (χ2n) is 7.28. The molecule has 0 saturated heterocycles. The molecule has 0 heterocycles. The Balaban J connectivity index is 2.81. The summed E-state index contributed by atoms with van der Waals surface area (Å²) in [7, 11) is 0. The molecule has 3 unspecified atom stereocenters. The second-order valence-corrected chi connectivity index (χ2v) is 7.28. The molecular weight excluding hydrogens is 304 g/mol. The summed E-state index contributed by atoms with van der Waals surface area (Å²) in [5, 5.41) is 18.2. The molecule has 4 nitrogen and oxygen atoms in total. The normalized spacial score (nSPS) is 16.5. The first kappa shape index (κ1) is 20.7. The van der Waals surface area contributed by atoms with Gasteiger partial charge in [-0.05, 0) is 42.7 Å². The van der Waals surface area contributed by atoms with Crippen LogP contribution in [0.3, 0.4) is 0 Å². The van der Waals surface area contributed by atoms with Crippen molar-refractivity contribution >= 4 is 5.97 Å². The lowest BCUT2D eigenvalue weighted by molar-refractivity contribution is -0.159. The highest BCUT2D eigenvalue weighted by Crippen LogP contribution is 2.36. The van der Waals surface area contributed by atoms with E-state index in [4.69, 9.17) is 9.84 Å². The monoisotopic (exact) mass is 336 g/mol. The summed E-state index contributed by atoms with van der Waals surface area (Å²) in [6.07, 6.45) is 0.323. The molecule has 1 aromatic carbocycles. The summed E-state index contributed by atoms with van der Waals surface area (Å²) in [6.45, 7) is 9.78. The van der Waals surface area contributed by atoms with E-state index in [1.54, 1.807) is 0 Å². The Bertz CT molecular complexity index is 526. The third kappa shape index (κ3) is 5.60. The minimum Gasteiger partial charge on any atom is -0.462 e. The number of benzene rings is 1. The first-order valence-electron chi connectivity index (χ1n) is 8.79. The van der Waals surface area contributed by atoms with E-state index < -0.39 is 18.1 Å². The molecule has 136 valence electrons. The van der Waals surface area contributed by atoms with E-state index in [2.05, 4.69) is 45.0 Å². The Morgan fingerprint density at radius 2 is 1.88 bits per heavy atom. The highest BCUT2D eigenvalue weighted by Gasteiger charge is 2.35. The number of carbonyl (C=O) groups is 1. The average Bonchev–Trinajstić information content (AvgIpc) is 2.58. The van der Waals surface area contributed by atoms with Gasteiger partial charge in [-0.25, -0.2) is 0 Å². The number of ether oxygens (including phenoxy) is 1. The maximum Gasteiger partial charge on any atom is 0.311 e. The van der Waals surface area contributed by atoms with Gasteiger partial charge in [-0.1, -0.05) is 52.0 Å². The van der Waals surface area contributed by atoms with Gasteiger partial charge in [0.2, 0.25) is 0 Å². The molecule has 0 aliphatic heterocycles. The Hall–Kier alpha value is -1.39. The molecule has 3 atom stereocenters. The van der Waals surface area contributed by atoms with Crippen LogP contribution >= 0.6 is 0 Å². The maximum atomic E-state index is 12.4. The Morgan fingerprint density at radius 1 is 1.25 bits per heavy atom. The zero-order chi connectivity index (χ0) is 18.3. The fourth-order valence-electron chi connectivity index (χ4n) is 2.79. The van der Waals surface area contributed by atoms with Crippen LogP contribution in [0.1, 0.15) is 70.4 Å². The van der Waals surface area contributed by atoms with Crippen molar-refractivity contribution in [2.75, 3.05) is 13.2 Å². The summed E-state index contributed by atoms with van der Waals surface area (Å²) in [6, 6.07) is 8.52. The fourth-order valence-corrected chi connectivity index (χ4v) is 2.79. The third-order valence-corrected chi connectivity index (χ3v) is 4.79. The third-order valence-electron chi connectivity index (χ3n) is 4.79. The summed E-state index contributed by atoms with van der Waals surface area (Å²) in [5.74, 6) is 0.382. The van der Waals surface area contributed by atoms with E-state index in [1.165, 1.54) is 11.1 Å². The lowest BCUT2D eigenvalue weighted by Gasteiger charge is -2.29. The SMILES string of the molecule is CCC(C)(CC(C)c1cccc(C(C)C)c1)C(=O)OCC(O)CO. The Morgan fingerprint density at radius 3 is 2.42 bits per heavy atom. The zero-order valence-corrected chi connectivity index (χ0v) is 15.6. The van der Waals surface area contributed by atoms with Crippen molar-refractivity contribution in [3.63, 3.8) is 0 Å². The lowest BCUT2D eigenvalue weighted by Crippen LogP contribution is -2.33. The minimum atomic E-state index is -1.02. The molecule has 1 rings (SSSR count). The van der Waals surface area contributed by atoms with E-state index in [1.807, 2.05) is 13.8 Å². The molecule has 0 amide bonds. The van der Waals surface area contributed by atoms with Crippen LogP contribution in [0.25, 0.3) is 0 Å². The summed E-state index contributed by atoms with van der Waals surface area (Å²) in [4.78, 5) is 12.4. The van der Waals surface area contributed by atoms with Crippen LogP contribution < -0.4 is 0 Å². The number of rotatable bonds is 9. The molecule has 0 radical (unpaired) electrons. The van der Waals surface area contributed by atoms with Crippen molar-refractivity contribution in [3.05, 3.63) is 35.4 Å². The largest absolute Gasteiger partial charge is 0.462 e. The van der Waals surface area contributed by atoms with Crippen molar-refractivity contribution in [1.29, 1.82) is 0 Å². The zero-order valence-electron chi connectivity index (χ0n) is 15.6. The van der Waals surface area contributed by atoms with Crippen LogP contribution in [0, 0.1) is 5.41 Å². The van der Waals surface area contributed by atoms with Crippen LogP contribution in [0.5, 0.6) is 0 Å². The van der Waals surface area contributed by atoms with Gasteiger partial charge in [0.1, 0.15) is 12.7 Å². The number of hydrogen-bond donors (Lipinski definition) is 2. The van der Waals surface area contributed by atoms with Crippen LogP contribution in [-0.2, 0) is 9.53 Å². The summed E-state index contributed by atoms with van der Waals surface area (Å²) in [5.41, 5.74) is 1.91. The molecule has 24 heavy (non-hydrogen) atoms. The van der Waals surface area contributed by atoms with Crippen molar-refractivity contribution < 1.29 is 19.7 Å². The van der Waals surface area contributed by atoms with Gasteiger partial charge in [0.05, 0.1) is 12.0 Å². The number of aliphatic hydroxyl groups is 2. The first-order valence-corrected chi connectivity index (χ1v) is 8.79. The molecule has 0 saturated carbocycles. The van der Waals surface area contributed by atoms with Crippen molar-refractivity contribution in [3.8, 4) is 0 Å². The molecule has 4 heteroatoms. The smallest absolute Gasteiger partial charge is 0.311 e. The molecule has 2 N–H and O–H groups in total. The number of esters is 1. The highest BCUT2D eigenvalue weighted by molar-refractivity contribution is 5.76. The first-order chi connectivity index (χ1) is 11.2. The van der Waals surface area contributed by atoms with Crippen molar-refractivity contribution in [1.82, 2.24) is 0 Å². The van der Waals surface area contributed by atoms with E-state index in [0.717, 1.165) is 0 Å². The molecule has 0 spiro atoms. The standard InChI is InChI=1S/C20H32O4/c1-6-20(5,19(23)24-13-18(22)12-21)11-15(4)17-9-7-8-16(10-17)14(2)3/h7-10,14-15,18,21-22H,6,11-13H2,1-5H3. The average molecular weight is 336 g/mol. The van der Waals surface area contributed by atoms with Crippen molar-refractivity contribution in [2.45, 2.75) is 65.4 Å². The molecule has 0 aliphatic carbocycles. The van der Waals surface area contributed by atoms with Gasteiger partial charge >= 0.3 is 5.97 Å². The number of carbonyl (C=O) groups excluding carboxylic acids is 1. The Labute approximate surface area is 145 Å². The van der Waals surface area contributed by atoms with Gasteiger partial charge in [-0.15, -0.1) is 0 Å². The molecule has 0 aromatic heterocycles. The van der Waals surface area contributed by atoms with E-state index in [9.17, 15) is 9.90 Å². The van der Waals surface area contributed by atoms with Crippen LogP contribution in [0.4, 0.5) is 0 Å². The number of hydrogen-bond acceptors (Lipinski definition) is 4. The Kier molecular flexibility index (Phi) is 7.91. The molecular formula is C20H32O4. The van der Waals surface area contributed by atoms with Crippen LogP contribution in [0.2, 0.25) is 0 Å². The molecule has 0 aliphatic rings. The second kappa shape index (κ2) is 9.19. The van der Waals surface area contributed by atoms with Crippen molar-refractivity contribution in [2.24, 2.45) is 5.41 Å². The maximum absolute atomic E-state index is 12.4. The molecule has 1 aromatic rings. The predicted octanol–water partition coefficient (Wildman–Crippen LogP) is 3.62. The summed E-state index contributed by atoms with van der Waals surface area (Å²) >= 11 is 0. The molecule has 0 fully saturated rings. The van der Waals surface area contributed by atoms with E-state index in [0.29, 0.717) is 18.8 Å². The van der Waals surface area contributed by atoms with Gasteiger partial charge in [-0.3, -0.25) is 4.79 Å².